The summed E-state index contributed by atoms with van der Waals surface area (Å²) in [4.78, 5) is 21.1. The van der Waals surface area contributed by atoms with Crippen molar-refractivity contribution in [2.75, 3.05) is 6.54 Å². The van der Waals surface area contributed by atoms with Crippen molar-refractivity contribution in [1.29, 1.82) is 0 Å². The van der Waals surface area contributed by atoms with Crippen molar-refractivity contribution in [3.63, 3.8) is 0 Å². The van der Waals surface area contributed by atoms with Gasteiger partial charge in [-0.05, 0) is 54.1 Å². The van der Waals surface area contributed by atoms with E-state index in [1.807, 2.05) is 36.5 Å². The van der Waals surface area contributed by atoms with Gasteiger partial charge < -0.3 is 10.3 Å². The van der Waals surface area contributed by atoms with Crippen molar-refractivity contribution < 1.29 is 4.39 Å². The number of pyridine rings is 3. The van der Waals surface area contributed by atoms with Crippen LogP contribution in [0, 0.1) is 5.82 Å². The number of imidazole rings is 1. The molecule has 6 aromatic rings. The number of hydrogen-bond donors (Lipinski definition) is 3. The van der Waals surface area contributed by atoms with Crippen LogP contribution in [-0.2, 0) is 6.54 Å². The van der Waals surface area contributed by atoms with Gasteiger partial charge >= 0.3 is 0 Å². The van der Waals surface area contributed by atoms with Crippen molar-refractivity contribution in [2.24, 2.45) is 0 Å². The number of H-pyrrole nitrogens is 2. The van der Waals surface area contributed by atoms with Crippen molar-refractivity contribution in [1.82, 2.24) is 40.4 Å². The van der Waals surface area contributed by atoms with Crippen molar-refractivity contribution >= 4 is 21.9 Å². The molecule has 9 heteroatoms. The molecule has 0 aliphatic rings. The highest BCUT2D eigenvalue weighted by atomic mass is 19.1. The smallest absolute Gasteiger partial charge is 0.159 e. The van der Waals surface area contributed by atoms with E-state index in [0.29, 0.717) is 40.2 Å². The first-order chi connectivity index (χ1) is 17.2. The molecule has 0 aliphatic heterocycles. The number of halogens is 1. The molecule has 6 rings (SSSR count). The molecule has 3 N–H and O–H groups in total. The summed E-state index contributed by atoms with van der Waals surface area (Å²) in [7, 11) is 0. The van der Waals surface area contributed by atoms with Crippen LogP contribution >= 0.6 is 0 Å². The molecule has 0 saturated carbocycles. The molecule has 35 heavy (non-hydrogen) atoms. The van der Waals surface area contributed by atoms with Crippen LogP contribution in [0.1, 0.15) is 12.5 Å². The topological polar surface area (TPSA) is 108 Å². The number of nitrogens with one attached hydrogen (secondary N) is 3. The van der Waals surface area contributed by atoms with Crippen molar-refractivity contribution in [3.8, 4) is 33.9 Å². The predicted octanol–water partition coefficient (Wildman–Crippen LogP) is 4.87. The van der Waals surface area contributed by atoms with Crippen LogP contribution in [0.5, 0.6) is 0 Å². The number of benzene rings is 1. The minimum absolute atomic E-state index is 0.326. The second-order valence-electron chi connectivity index (χ2n) is 8.20. The van der Waals surface area contributed by atoms with Gasteiger partial charge in [-0.15, -0.1) is 0 Å². The molecule has 0 atom stereocenters. The second kappa shape index (κ2) is 8.69. The molecule has 0 radical (unpaired) electrons. The van der Waals surface area contributed by atoms with E-state index in [-0.39, 0.29) is 5.82 Å². The van der Waals surface area contributed by atoms with E-state index < -0.39 is 0 Å². The summed E-state index contributed by atoms with van der Waals surface area (Å²) in [6.07, 6.45) is 8.74. The maximum atomic E-state index is 15.1. The van der Waals surface area contributed by atoms with E-state index in [0.717, 1.165) is 34.3 Å². The summed E-state index contributed by atoms with van der Waals surface area (Å²) >= 11 is 0. The van der Waals surface area contributed by atoms with Crippen LogP contribution in [0.4, 0.5) is 4.39 Å². The molecule has 172 valence electrons. The second-order valence-corrected chi connectivity index (χ2v) is 8.20. The highest BCUT2D eigenvalue weighted by molar-refractivity contribution is 5.97. The molecule has 0 saturated heterocycles. The van der Waals surface area contributed by atoms with Gasteiger partial charge in [-0.1, -0.05) is 6.92 Å². The van der Waals surface area contributed by atoms with Gasteiger partial charge in [0.25, 0.3) is 0 Å². The summed E-state index contributed by atoms with van der Waals surface area (Å²) in [5.74, 6) is 0.141. The average molecular weight is 465 g/mol. The zero-order valence-electron chi connectivity index (χ0n) is 18.9. The van der Waals surface area contributed by atoms with E-state index in [2.05, 4.69) is 42.4 Å². The molecule has 5 heterocycles. The SMILES string of the molecule is CCNCc1cncc(-c2cc(F)c3[nH]nc(-c4nc5c(-c6cccnc6)nccc5[nH]4)c3c2)c1. The van der Waals surface area contributed by atoms with Gasteiger partial charge in [-0.25, -0.2) is 9.37 Å². The number of rotatable bonds is 6. The van der Waals surface area contributed by atoms with Gasteiger partial charge in [-0.3, -0.25) is 20.1 Å². The fourth-order valence-corrected chi connectivity index (χ4v) is 4.20. The normalized spacial score (nSPS) is 11.5. The van der Waals surface area contributed by atoms with Gasteiger partial charge in [0.15, 0.2) is 5.82 Å². The molecule has 8 nitrogen and oxygen atoms in total. The summed E-state index contributed by atoms with van der Waals surface area (Å²) in [6, 6.07) is 11.1. The molecular formula is C26H21FN8. The van der Waals surface area contributed by atoms with E-state index in [4.69, 9.17) is 4.98 Å². The molecular weight excluding hydrogens is 443 g/mol. The largest absolute Gasteiger partial charge is 0.336 e. The number of aromatic nitrogens is 7. The monoisotopic (exact) mass is 464 g/mol. The number of hydrogen-bond acceptors (Lipinski definition) is 6. The zero-order valence-corrected chi connectivity index (χ0v) is 18.9. The van der Waals surface area contributed by atoms with Gasteiger partial charge in [0.2, 0.25) is 0 Å². The quantitative estimate of drug-likeness (QED) is 0.324. The molecule has 5 aromatic heterocycles. The van der Waals surface area contributed by atoms with Gasteiger partial charge in [0.05, 0.1) is 11.2 Å². The first-order valence-electron chi connectivity index (χ1n) is 11.3. The average Bonchev–Trinajstić information content (AvgIpc) is 3.52. The Balaban J connectivity index is 1.47. The molecule has 0 amide bonds. The minimum Gasteiger partial charge on any atom is -0.336 e. The molecule has 0 spiro atoms. The lowest BCUT2D eigenvalue weighted by atomic mass is 10.0. The van der Waals surface area contributed by atoms with Crippen LogP contribution in [0.2, 0.25) is 0 Å². The Morgan fingerprint density at radius 2 is 1.86 bits per heavy atom. The Labute approximate surface area is 199 Å². The van der Waals surface area contributed by atoms with Crippen molar-refractivity contribution in [2.45, 2.75) is 13.5 Å². The highest BCUT2D eigenvalue weighted by Crippen LogP contribution is 2.33. The Morgan fingerprint density at radius 3 is 2.71 bits per heavy atom. The Bertz CT molecular complexity index is 1660. The van der Waals surface area contributed by atoms with Crippen LogP contribution < -0.4 is 5.32 Å². The summed E-state index contributed by atoms with van der Waals surface area (Å²) < 4.78 is 15.1. The van der Waals surface area contributed by atoms with Crippen LogP contribution in [0.25, 0.3) is 55.8 Å². The van der Waals surface area contributed by atoms with E-state index in [9.17, 15) is 0 Å². The summed E-state index contributed by atoms with van der Waals surface area (Å²) in [6.45, 7) is 3.61. The van der Waals surface area contributed by atoms with Crippen LogP contribution in [-0.4, -0.2) is 41.7 Å². The lowest BCUT2D eigenvalue weighted by Crippen LogP contribution is -2.11. The predicted molar refractivity (Wildman–Crippen MR) is 133 cm³/mol. The molecule has 0 unspecified atom stereocenters. The van der Waals surface area contributed by atoms with Gasteiger partial charge in [-0.2, -0.15) is 5.10 Å². The molecule has 0 bridgehead atoms. The van der Waals surface area contributed by atoms with E-state index in [1.54, 1.807) is 24.8 Å². The zero-order chi connectivity index (χ0) is 23.8. The lowest BCUT2D eigenvalue weighted by molar-refractivity contribution is 0.636. The Hall–Kier alpha value is -4.50. The maximum Gasteiger partial charge on any atom is 0.159 e. The maximum absolute atomic E-state index is 15.1. The van der Waals surface area contributed by atoms with Crippen molar-refractivity contribution in [3.05, 3.63) is 78.8 Å². The summed E-state index contributed by atoms with van der Waals surface area (Å²) in [5, 5.41) is 11.1. The van der Waals surface area contributed by atoms with Crippen LogP contribution in [0.3, 0.4) is 0 Å². The third kappa shape index (κ3) is 3.81. The third-order valence-electron chi connectivity index (χ3n) is 5.89. The van der Waals surface area contributed by atoms with E-state index in [1.165, 1.54) is 6.07 Å². The number of fused-ring (bicyclic) bond motifs is 2. The Kier molecular flexibility index (Phi) is 5.23. The highest BCUT2D eigenvalue weighted by Gasteiger charge is 2.18. The minimum atomic E-state index is -0.387. The molecule has 1 aromatic carbocycles. The molecule has 0 aliphatic carbocycles. The van der Waals surface area contributed by atoms with Gasteiger partial charge in [0.1, 0.15) is 22.5 Å². The lowest BCUT2D eigenvalue weighted by Gasteiger charge is -2.07. The van der Waals surface area contributed by atoms with Crippen LogP contribution in [0.15, 0.2) is 67.4 Å². The summed E-state index contributed by atoms with van der Waals surface area (Å²) in [5.41, 5.74) is 6.53. The number of nitrogens with zero attached hydrogens (tertiary/aromatic N) is 5. The fourth-order valence-electron chi connectivity index (χ4n) is 4.20. The van der Waals surface area contributed by atoms with E-state index >= 15 is 4.39 Å². The van der Waals surface area contributed by atoms with Gasteiger partial charge in [0, 0.05) is 54.0 Å². The third-order valence-corrected chi connectivity index (χ3v) is 5.89. The molecule has 0 fully saturated rings. The Morgan fingerprint density at radius 1 is 0.943 bits per heavy atom. The standard InChI is InChI=1S/C26H21FN8/c1-2-28-11-15-8-18(14-30-12-15)17-9-19-23(20(27)10-17)34-35-24(19)26-32-21-5-7-31-22(25(21)33-26)16-4-3-6-29-13-16/h3-10,12-14,28H,2,11H2,1H3,(H,32,33)(H,34,35). The fraction of sp³-hybridized carbons (Fsp3) is 0.115. The number of aromatic amines is 2. The first-order valence-corrected chi connectivity index (χ1v) is 11.3. The first kappa shape index (κ1) is 21.1.